The van der Waals surface area contributed by atoms with Crippen molar-refractivity contribution in [3.8, 4) is 5.69 Å². The summed E-state index contributed by atoms with van der Waals surface area (Å²) in [6.07, 6.45) is -0.0183. The molecule has 0 atom stereocenters. The number of fused-ring (bicyclic) bond motifs is 1. The van der Waals surface area contributed by atoms with Crippen molar-refractivity contribution in [1.29, 1.82) is 0 Å². The molecule has 2 aromatic heterocycles. The van der Waals surface area contributed by atoms with Crippen molar-refractivity contribution in [2.24, 2.45) is 0 Å². The summed E-state index contributed by atoms with van der Waals surface area (Å²) in [5.74, 6) is -0.846. The van der Waals surface area contributed by atoms with E-state index in [4.69, 9.17) is 5.11 Å². The SMILES string of the molecule is Cc1ccccc1-n1nc(C)c2c(C)c(CC(=O)O)c(C)nc21. The maximum absolute atomic E-state index is 11.1. The van der Waals surface area contributed by atoms with Crippen LogP contribution >= 0.6 is 0 Å². The molecule has 0 radical (unpaired) electrons. The maximum atomic E-state index is 11.1. The number of rotatable bonds is 3. The first-order chi connectivity index (χ1) is 10.9. The quantitative estimate of drug-likeness (QED) is 0.806. The van der Waals surface area contributed by atoms with Crippen molar-refractivity contribution in [2.45, 2.75) is 34.1 Å². The number of hydrogen-bond acceptors (Lipinski definition) is 3. The number of para-hydroxylation sites is 1. The number of hydrogen-bond donors (Lipinski definition) is 1. The van der Waals surface area contributed by atoms with Crippen molar-refractivity contribution in [3.63, 3.8) is 0 Å². The zero-order chi connectivity index (χ0) is 16.7. The molecule has 0 saturated carbocycles. The van der Waals surface area contributed by atoms with E-state index < -0.39 is 5.97 Å². The number of carboxylic acids is 1. The predicted octanol–water partition coefficient (Wildman–Crippen LogP) is 3.28. The lowest BCUT2D eigenvalue weighted by Crippen LogP contribution is -2.07. The fraction of sp³-hybridized carbons (Fsp3) is 0.278. The molecule has 0 aliphatic heterocycles. The van der Waals surface area contributed by atoms with Crippen LogP contribution in [0.25, 0.3) is 16.7 Å². The van der Waals surface area contributed by atoms with Crippen LogP contribution in [0.1, 0.15) is 28.1 Å². The van der Waals surface area contributed by atoms with Crippen molar-refractivity contribution in [2.75, 3.05) is 0 Å². The molecule has 0 fully saturated rings. The number of carbonyl (C=O) groups is 1. The zero-order valence-corrected chi connectivity index (χ0v) is 13.7. The molecule has 3 aromatic rings. The highest BCUT2D eigenvalue weighted by Gasteiger charge is 2.19. The number of pyridine rings is 1. The Morgan fingerprint density at radius 3 is 2.48 bits per heavy atom. The van der Waals surface area contributed by atoms with Gasteiger partial charge in [-0.15, -0.1) is 0 Å². The van der Waals surface area contributed by atoms with Crippen molar-refractivity contribution >= 4 is 17.0 Å². The Labute approximate surface area is 134 Å². The molecule has 118 valence electrons. The number of nitrogens with zero attached hydrogens (tertiary/aromatic N) is 3. The topological polar surface area (TPSA) is 68.0 Å². The first-order valence-corrected chi connectivity index (χ1v) is 7.53. The van der Waals surface area contributed by atoms with Gasteiger partial charge >= 0.3 is 5.97 Å². The second kappa shape index (κ2) is 5.50. The smallest absolute Gasteiger partial charge is 0.307 e. The van der Waals surface area contributed by atoms with Crippen LogP contribution in [0, 0.1) is 27.7 Å². The van der Waals surface area contributed by atoms with Gasteiger partial charge in [-0.1, -0.05) is 18.2 Å². The normalized spacial score (nSPS) is 11.1. The molecule has 0 aliphatic rings. The third-order valence-corrected chi connectivity index (χ3v) is 4.25. The largest absolute Gasteiger partial charge is 0.481 e. The summed E-state index contributed by atoms with van der Waals surface area (Å²) >= 11 is 0. The monoisotopic (exact) mass is 309 g/mol. The molecule has 23 heavy (non-hydrogen) atoms. The Morgan fingerprint density at radius 2 is 1.83 bits per heavy atom. The van der Waals surface area contributed by atoms with E-state index in [2.05, 4.69) is 10.1 Å². The predicted molar refractivity (Wildman–Crippen MR) is 89.2 cm³/mol. The summed E-state index contributed by atoms with van der Waals surface area (Å²) in [5.41, 5.74) is 6.21. The van der Waals surface area contributed by atoms with Crippen molar-refractivity contribution in [3.05, 3.63) is 52.3 Å². The highest BCUT2D eigenvalue weighted by Crippen LogP contribution is 2.28. The van der Waals surface area contributed by atoms with E-state index in [9.17, 15) is 4.79 Å². The van der Waals surface area contributed by atoms with Crippen molar-refractivity contribution < 1.29 is 9.90 Å². The lowest BCUT2D eigenvalue weighted by atomic mass is 10.0. The van der Waals surface area contributed by atoms with Crippen molar-refractivity contribution in [1.82, 2.24) is 14.8 Å². The van der Waals surface area contributed by atoms with Crippen LogP contribution in [0.4, 0.5) is 0 Å². The number of aliphatic carboxylic acids is 1. The summed E-state index contributed by atoms with van der Waals surface area (Å²) in [4.78, 5) is 15.8. The first-order valence-electron chi connectivity index (χ1n) is 7.53. The second-order valence-corrected chi connectivity index (χ2v) is 5.85. The highest BCUT2D eigenvalue weighted by atomic mass is 16.4. The summed E-state index contributed by atoms with van der Waals surface area (Å²) in [6, 6.07) is 8.02. The van der Waals surface area contributed by atoms with Crippen LogP contribution in [0.2, 0.25) is 0 Å². The number of benzene rings is 1. The summed E-state index contributed by atoms with van der Waals surface area (Å²) in [7, 11) is 0. The van der Waals surface area contributed by atoms with Crippen LogP contribution in [-0.2, 0) is 11.2 Å². The third-order valence-electron chi connectivity index (χ3n) is 4.25. The average Bonchev–Trinajstić information content (AvgIpc) is 2.80. The number of aryl methyl sites for hydroxylation is 4. The zero-order valence-electron chi connectivity index (χ0n) is 13.7. The maximum Gasteiger partial charge on any atom is 0.307 e. The van der Waals surface area contributed by atoms with Crippen LogP contribution in [0.5, 0.6) is 0 Å². The second-order valence-electron chi connectivity index (χ2n) is 5.85. The van der Waals surface area contributed by atoms with E-state index in [-0.39, 0.29) is 6.42 Å². The van der Waals surface area contributed by atoms with Crippen LogP contribution in [0.3, 0.4) is 0 Å². The molecular weight excluding hydrogens is 290 g/mol. The molecule has 3 rings (SSSR count). The van der Waals surface area contributed by atoms with Crippen LogP contribution in [-0.4, -0.2) is 25.8 Å². The molecule has 0 unspecified atom stereocenters. The van der Waals surface area contributed by atoms with Gasteiger partial charge in [-0.25, -0.2) is 9.67 Å². The van der Waals surface area contributed by atoms with E-state index >= 15 is 0 Å². The lowest BCUT2D eigenvalue weighted by Gasteiger charge is -2.11. The Hall–Kier alpha value is -2.69. The summed E-state index contributed by atoms with van der Waals surface area (Å²) in [6.45, 7) is 7.78. The van der Waals surface area contributed by atoms with Gasteiger partial charge in [-0.2, -0.15) is 5.10 Å². The summed E-state index contributed by atoms with van der Waals surface area (Å²) in [5, 5.41) is 14.7. The molecule has 5 heteroatoms. The lowest BCUT2D eigenvalue weighted by molar-refractivity contribution is -0.136. The van der Waals surface area contributed by atoms with Gasteiger partial charge in [-0.3, -0.25) is 4.79 Å². The van der Waals surface area contributed by atoms with Gasteiger partial charge in [0.25, 0.3) is 0 Å². The van der Waals surface area contributed by atoms with Gasteiger partial charge in [-0.05, 0) is 50.5 Å². The third kappa shape index (κ3) is 2.48. The molecule has 1 N–H and O–H groups in total. The standard InChI is InChI=1S/C18H19N3O2/c1-10-7-5-6-8-15(10)21-18-17(13(4)20-21)11(2)14(9-16(22)23)12(3)19-18/h5-8H,9H2,1-4H3,(H,22,23). The van der Waals surface area contributed by atoms with E-state index in [1.54, 1.807) is 0 Å². The Kier molecular flexibility index (Phi) is 3.64. The first kappa shape index (κ1) is 15.2. The van der Waals surface area contributed by atoms with E-state index in [0.717, 1.165) is 44.8 Å². The Balaban J connectivity index is 2.33. The molecule has 1 aromatic carbocycles. The Morgan fingerprint density at radius 1 is 1.13 bits per heavy atom. The molecule has 0 saturated heterocycles. The molecular formula is C18H19N3O2. The van der Waals surface area contributed by atoms with E-state index in [1.165, 1.54) is 0 Å². The minimum atomic E-state index is -0.846. The van der Waals surface area contributed by atoms with Gasteiger partial charge in [0.2, 0.25) is 0 Å². The minimum absolute atomic E-state index is 0.0183. The average molecular weight is 309 g/mol. The van der Waals surface area contributed by atoms with Gasteiger partial charge < -0.3 is 5.11 Å². The molecule has 0 spiro atoms. The summed E-state index contributed by atoms with van der Waals surface area (Å²) < 4.78 is 1.85. The van der Waals surface area contributed by atoms with Gasteiger partial charge in [0.05, 0.1) is 17.8 Å². The number of aromatic nitrogens is 3. The molecule has 5 nitrogen and oxygen atoms in total. The van der Waals surface area contributed by atoms with Crippen LogP contribution in [0.15, 0.2) is 24.3 Å². The molecule has 0 amide bonds. The Bertz CT molecular complexity index is 926. The molecule has 0 aliphatic carbocycles. The fourth-order valence-electron chi connectivity index (χ4n) is 3.09. The number of carboxylic acid groups (broad SMARTS) is 1. The minimum Gasteiger partial charge on any atom is -0.481 e. The highest BCUT2D eigenvalue weighted by molar-refractivity contribution is 5.86. The van der Waals surface area contributed by atoms with Gasteiger partial charge in [0.15, 0.2) is 5.65 Å². The van der Waals surface area contributed by atoms with Crippen LogP contribution < -0.4 is 0 Å². The van der Waals surface area contributed by atoms with E-state index in [1.807, 2.05) is 56.6 Å². The van der Waals surface area contributed by atoms with Gasteiger partial charge in [0.1, 0.15) is 0 Å². The molecule has 2 heterocycles. The fourth-order valence-corrected chi connectivity index (χ4v) is 3.09. The van der Waals surface area contributed by atoms with E-state index in [0.29, 0.717) is 0 Å². The van der Waals surface area contributed by atoms with Gasteiger partial charge in [0, 0.05) is 11.1 Å². The molecule has 0 bridgehead atoms.